The zero-order valence-corrected chi connectivity index (χ0v) is 13.1. The Hall–Kier alpha value is -1.05. The SMILES string of the molecule is O[C@H]1[C@H](n2c(NC3CC3)nc3cc(Cl)c(Cl)cc32)OC[C@@H]1O. The molecule has 0 spiro atoms. The number of aliphatic hydroxyl groups excluding tert-OH is 2. The van der Waals surface area contributed by atoms with Gasteiger partial charge >= 0.3 is 0 Å². The van der Waals surface area contributed by atoms with E-state index in [4.69, 9.17) is 27.9 Å². The largest absolute Gasteiger partial charge is 0.388 e. The van der Waals surface area contributed by atoms with Crippen molar-refractivity contribution in [2.75, 3.05) is 11.9 Å². The van der Waals surface area contributed by atoms with Gasteiger partial charge in [0.1, 0.15) is 12.2 Å². The maximum Gasteiger partial charge on any atom is 0.206 e. The second-order valence-corrected chi connectivity index (χ2v) is 6.58. The summed E-state index contributed by atoms with van der Waals surface area (Å²) < 4.78 is 7.30. The minimum atomic E-state index is -1.02. The van der Waals surface area contributed by atoms with Gasteiger partial charge in [0.2, 0.25) is 5.95 Å². The molecule has 0 unspecified atom stereocenters. The third-order valence-corrected chi connectivity index (χ3v) is 4.74. The third-order valence-electron chi connectivity index (χ3n) is 4.02. The van der Waals surface area contributed by atoms with Crippen LogP contribution in [0.15, 0.2) is 12.1 Å². The number of hydrogen-bond acceptors (Lipinski definition) is 5. The molecular weight excluding hydrogens is 329 g/mol. The molecule has 2 aliphatic rings. The molecule has 2 heterocycles. The Kier molecular flexibility index (Phi) is 3.47. The molecule has 1 aliphatic carbocycles. The topological polar surface area (TPSA) is 79.5 Å². The van der Waals surface area contributed by atoms with Crippen molar-refractivity contribution in [3.8, 4) is 0 Å². The van der Waals surface area contributed by atoms with E-state index in [1.54, 1.807) is 16.7 Å². The Morgan fingerprint density at radius 1 is 1.23 bits per heavy atom. The van der Waals surface area contributed by atoms with Crippen molar-refractivity contribution < 1.29 is 14.9 Å². The zero-order chi connectivity index (χ0) is 15.4. The number of ether oxygens (including phenoxy) is 1. The van der Waals surface area contributed by atoms with Crippen molar-refractivity contribution >= 4 is 40.2 Å². The number of rotatable bonds is 3. The summed E-state index contributed by atoms with van der Waals surface area (Å²) >= 11 is 12.2. The maximum atomic E-state index is 10.2. The number of imidazole rings is 1. The molecule has 0 amide bonds. The fourth-order valence-corrected chi connectivity index (χ4v) is 2.99. The lowest BCUT2D eigenvalue weighted by Crippen LogP contribution is -2.29. The van der Waals surface area contributed by atoms with Gasteiger partial charge in [0, 0.05) is 6.04 Å². The molecule has 2 fully saturated rings. The molecule has 0 radical (unpaired) electrons. The highest BCUT2D eigenvalue weighted by Crippen LogP contribution is 2.36. The van der Waals surface area contributed by atoms with Gasteiger partial charge in [-0.25, -0.2) is 4.98 Å². The van der Waals surface area contributed by atoms with Crippen LogP contribution >= 0.6 is 23.2 Å². The van der Waals surface area contributed by atoms with Gasteiger partial charge in [0.05, 0.1) is 27.7 Å². The number of anilines is 1. The average molecular weight is 344 g/mol. The molecule has 22 heavy (non-hydrogen) atoms. The van der Waals surface area contributed by atoms with Crippen molar-refractivity contribution in [1.29, 1.82) is 0 Å². The van der Waals surface area contributed by atoms with Gasteiger partial charge in [0.25, 0.3) is 0 Å². The normalized spacial score (nSPS) is 28.5. The summed E-state index contributed by atoms with van der Waals surface area (Å²) in [6, 6.07) is 3.77. The molecule has 3 atom stereocenters. The monoisotopic (exact) mass is 343 g/mol. The molecule has 0 bridgehead atoms. The van der Waals surface area contributed by atoms with Crippen LogP contribution in [0.5, 0.6) is 0 Å². The molecular formula is C14H15Cl2N3O3. The minimum Gasteiger partial charge on any atom is -0.388 e. The molecule has 1 saturated heterocycles. The van der Waals surface area contributed by atoms with Crippen LogP contribution in [0, 0.1) is 0 Å². The lowest BCUT2D eigenvalue weighted by atomic mass is 10.2. The number of aliphatic hydroxyl groups is 2. The van der Waals surface area contributed by atoms with E-state index in [-0.39, 0.29) is 6.61 Å². The van der Waals surface area contributed by atoms with Crippen LogP contribution in [-0.4, -0.2) is 44.6 Å². The van der Waals surface area contributed by atoms with Crippen molar-refractivity contribution in [1.82, 2.24) is 9.55 Å². The Morgan fingerprint density at radius 2 is 1.95 bits per heavy atom. The van der Waals surface area contributed by atoms with Crippen LogP contribution in [0.25, 0.3) is 11.0 Å². The quantitative estimate of drug-likeness (QED) is 0.795. The molecule has 1 aromatic carbocycles. The summed E-state index contributed by atoms with van der Waals surface area (Å²) in [7, 11) is 0. The highest BCUT2D eigenvalue weighted by Gasteiger charge is 2.38. The summed E-state index contributed by atoms with van der Waals surface area (Å²) in [5.74, 6) is 0.592. The fourth-order valence-electron chi connectivity index (χ4n) is 2.67. The maximum absolute atomic E-state index is 10.2. The number of halogens is 2. The van der Waals surface area contributed by atoms with E-state index >= 15 is 0 Å². The van der Waals surface area contributed by atoms with Gasteiger partial charge in [-0.1, -0.05) is 23.2 Å². The van der Waals surface area contributed by atoms with Crippen LogP contribution in [0.3, 0.4) is 0 Å². The number of nitrogens with one attached hydrogen (secondary N) is 1. The number of benzene rings is 1. The lowest BCUT2D eigenvalue weighted by Gasteiger charge is -2.20. The second kappa shape index (κ2) is 5.25. The van der Waals surface area contributed by atoms with E-state index in [1.165, 1.54) is 0 Å². The number of aromatic nitrogens is 2. The molecule has 1 aromatic heterocycles. The summed E-state index contributed by atoms with van der Waals surface area (Å²) in [5, 5.41) is 24.1. The number of fused-ring (bicyclic) bond motifs is 1. The Bertz CT molecular complexity index is 732. The van der Waals surface area contributed by atoms with Gasteiger partial charge in [-0.05, 0) is 25.0 Å². The predicted molar refractivity (Wildman–Crippen MR) is 83.4 cm³/mol. The van der Waals surface area contributed by atoms with E-state index < -0.39 is 18.4 Å². The molecule has 4 rings (SSSR count). The number of hydrogen-bond donors (Lipinski definition) is 3. The van der Waals surface area contributed by atoms with Crippen molar-refractivity contribution in [3.63, 3.8) is 0 Å². The molecule has 118 valence electrons. The van der Waals surface area contributed by atoms with Crippen LogP contribution in [0.2, 0.25) is 10.0 Å². The van der Waals surface area contributed by atoms with Crippen LogP contribution in [0.4, 0.5) is 5.95 Å². The standard InChI is InChI=1S/C14H15Cl2N3O3/c15-7-3-9-10(4-8(7)16)19(13-12(21)11(20)5-22-13)14(18-9)17-6-1-2-6/h3-4,6,11-13,20-21H,1-2,5H2,(H,17,18)/t11-,12+,13+/m0/s1. The smallest absolute Gasteiger partial charge is 0.206 e. The summed E-state index contributed by atoms with van der Waals surface area (Å²) in [5.41, 5.74) is 1.37. The lowest BCUT2D eigenvalue weighted by molar-refractivity contribution is -0.0148. The van der Waals surface area contributed by atoms with Crippen LogP contribution < -0.4 is 5.32 Å². The first-order chi connectivity index (χ1) is 10.5. The fraction of sp³-hybridized carbons (Fsp3) is 0.500. The van der Waals surface area contributed by atoms with Crippen molar-refractivity contribution in [2.45, 2.75) is 37.3 Å². The molecule has 8 heteroatoms. The van der Waals surface area contributed by atoms with Gasteiger partial charge in [0.15, 0.2) is 6.23 Å². The van der Waals surface area contributed by atoms with Gasteiger partial charge in [-0.2, -0.15) is 0 Å². The average Bonchev–Trinajstić information content (AvgIpc) is 3.16. The summed E-state index contributed by atoms with van der Waals surface area (Å²) in [6.07, 6.45) is -0.480. The van der Waals surface area contributed by atoms with E-state index in [1.807, 2.05) is 0 Å². The summed E-state index contributed by atoms with van der Waals surface area (Å²) in [6.45, 7) is 0.0791. The Labute approximate surface area is 136 Å². The minimum absolute atomic E-state index is 0.0791. The van der Waals surface area contributed by atoms with E-state index in [0.717, 1.165) is 12.8 Å². The van der Waals surface area contributed by atoms with Gasteiger partial charge in [-0.15, -0.1) is 0 Å². The second-order valence-electron chi connectivity index (χ2n) is 5.76. The molecule has 1 aliphatic heterocycles. The highest BCUT2D eigenvalue weighted by molar-refractivity contribution is 6.42. The van der Waals surface area contributed by atoms with Crippen molar-refractivity contribution in [2.24, 2.45) is 0 Å². The first-order valence-corrected chi connectivity index (χ1v) is 7.91. The predicted octanol–water partition coefficient (Wildman–Crippen LogP) is 2.17. The zero-order valence-electron chi connectivity index (χ0n) is 11.5. The van der Waals surface area contributed by atoms with E-state index in [2.05, 4.69) is 10.3 Å². The Balaban J connectivity index is 1.86. The van der Waals surface area contributed by atoms with Crippen LogP contribution in [-0.2, 0) is 4.74 Å². The molecule has 6 nitrogen and oxygen atoms in total. The first-order valence-electron chi connectivity index (χ1n) is 7.16. The molecule has 3 N–H and O–H groups in total. The number of nitrogens with zero attached hydrogens (tertiary/aromatic N) is 2. The third kappa shape index (κ3) is 2.35. The molecule has 1 saturated carbocycles. The highest BCUT2D eigenvalue weighted by atomic mass is 35.5. The van der Waals surface area contributed by atoms with Gasteiger partial charge in [-0.3, -0.25) is 4.57 Å². The van der Waals surface area contributed by atoms with E-state index in [0.29, 0.717) is 33.1 Å². The van der Waals surface area contributed by atoms with E-state index in [9.17, 15) is 10.2 Å². The van der Waals surface area contributed by atoms with Crippen molar-refractivity contribution in [3.05, 3.63) is 22.2 Å². The molecule has 2 aromatic rings. The Morgan fingerprint density at radius 3 is 2.59 bits per heavy atom. The van der Waals surface area contributed by atoms with Crippen LogP contribution in [0.1, 0.15) is 19.1 Å². The first kappa shape index (κ1) is 14.5. The van der Waals surface area contributed by atoms with Gasteiger partial charge < -0.3 is 20.3 Å². The summed E-state index contributed by atoms with van der Waals surface area (Å²) in [4.78, 5) is 4.53.